The molecule has 0 aromatic heterocycles. The highest BCUT2D eigenvalue weighted by Crippen LogP contribution is 2.60. The molecule has 2 aliphatic rings. The summed E-state index contributed by atoms with van der Waals surface area (Å²) in [6.45, 7) is 13.1. The van der Waals surface area contributed by atoms with Crippen molar-refractivity contribution in [3.05, 3.63) is 11.1 Å². The minimum Gasteiger partial charge on any atom is -0.385 e. The zero-order valence-corrected chi connectivity index (χ0v) is 17.2. The summed E-state index contributed by atoms with van der Waals surface area (Å²) in [6.07, 6.45) is 9.27. The van der Waals surface area contributed by atoms with Gasteiger partial charge in [-0.2, -0.15) is 0 Å². The molecule has 2 rings (SSSR count). The summed E-state index contributed by atoms with van der Waals surface area (Å²) < 4.78 is 11.1. The second kappa shape index (κ2) is 7.91. The number of hydrogen-bond acceptors (Lipinski definition) is 2. The maximum atomic E-state index is 5.88. The van der Waals surface area contributed by atoms with Gasteiger partial charge < -0.3 is 9.47 Å². The fourth-order valence-electron chi connectivity index (χ4n) is 5.85. The van der Waals surface area contributed by atoms with Gasteiger partial charge in [0, 0.05) is 20.8 Å². The van der Waals surface area contributed by atoms with Gasteiger partial charge in [-0.3, -0.25) is 0 Å². The third-order valence-electron chi connectivity index (χ3n) is 7.42. The Bertz CT molecular complexity index is 451. The van der Waals surface area contributed by atoms with Crippen molar-refractivity contribution < 1.29 is 9.47 Å². The van der Waals surface area contributed by atoms with Crippen LogP contribution in [0.5, 0.6) is 0 Å². The van der Waals surface area contributed by atoms with Gasteiger partial charge in [0.15, 0.2) is 0 Å². The predicted octanol–water partition coefficient (Wildman–Crippen LogP) is 6.01. The van der Waals surface area contributed by atoms with Crippen LogP contribution in [-0.4, -0.2) is 26.9 Å². The van der Waals surface area contributed by atoms with Crippen molar-refractivity contribution in [3.63, 3.8) is 0 Å². The first-order valence-electron chi connectivity index (χ1n) is 9.98. The number of rotatable bonds is 7. The van der Waals surface area contributed by atoms with Crippen molar-refractivity contribution in [1.82, 2.24) is 0 Å². The quantitative estimate of drug-likeness (QED) is 0.530. The summed E-state index contributed by atoms with van der Waals surface area (Å²) in [5.41, 5.74) is 4.11. The van der Waals surface area contributed by atoms with Crippen molar-refractivity contribution in [1.29, 1.82) is 0 Å². The molecular formula is C22H40O2. The molecule has 1 unspecified atom stereocenters. The molecule has 0 heterocycles. The third-order valence-corrected chi connectivity index (χ3v) is 7.42. The Morgan fingerprint density at radius 3 is 2.46 bits per heavy atom. The van der Waals surface area contributed by atoms with Gasteiger partial charge in [-0.05, 0) is 74.5 Å². The van der Waals surface area contributed by atoms with Crippen molar-refractivity contribution in [2.45, 2.75) is 85.7 Å². The first-order chi connectivity index (χ1) is 11.3. The molecule has 0 aromatic carbocycles. The lowest BCUT2D eigenvalue weighted by atomic mass is 9.49. The molecule has 0 saturated heterocycles. The van der Waals surface area contributed by atoms with Gasteiger partial charge in [0.2, 0.25) is 0 Å². The highest BCUT2D eigenvalue weighted by molar-refractivity contribution is 5.28. The molecule has 0 amide bonds. The molecule has 2 heteroatoms. The number of methoxy groups -OCH3 is 2. The van der Waals surface area contributed by atoms with Gasteiger partial charge in [0.1, 0.15) is 0 Å². The molecule has 2 aliphatic carbocycles. The fraction of sp³-hybridized carbons (Fsp3) is 0.909. The van der Waals surface area contributed by atoms with Crippen LogP contribution in [0, 0.1) is 22.7 Å². The standard InChI is InChI=1S/C22H40O2/c1-16(13-15-23-6)8-10-18-17(2)9-11-19-21(3,4)20(24-7)12-14-22(18,19)5/h16,19-20H,8-15H2,1-7H3/t16-,19?,20-,22+/m0/s1. The largest absolute Gasteiger partial charge is 0.385 e. The van der Waals surface area contributed by atoms with Crippen LogP contribution in [0.4, 0.5) is 0 Å². The van der Waals surface area contributed by atoms with Crippen LogP contribution >= 0.6 is 0 Å². The Balaban J connectivity index is 2.16. The molecule has 24 heavy (non-hydrogen) atoms. The highest BCUT2D eigenvalue weighted by Gasteiger charge is 2.53. The van der Waals surface area contributed by atoms with Crippen molar-refractivity contribution in [2.75, 3.05) is 20.8 Å². The lowest BCUT2D eigenvalue weighted by Gasteiger charge is -2.57. The Kier molecular flexibility index (Phi) is 6.58. The molecular weight excluding hydrogens is 296 g/mol. The Morgan fingerprint density at radius 1 is 1.12 bits per heavy atom. The Morgan fingerprint density at radius 2 is 1.83 bits per heavy atom. The van der Waals surface area contributed by atoms with Gasteiger partial charge in [-0.25, -0.2) is 0 Å². The van der Waals surface area contributed by atoms with Crippen LogP contribution < -0.4 is 0 Å². The highest BCUT2D eigenvalue weighted by atomic mass is 16.5. The second-order valence-electron chi connectivity index (χ2n) is 9.28. The fourth-order valence-corrected chi connectivity index (χ4v) is 5.85. The number of ether oxygens (including phenoxy) is 2. The number of fused-ring (bicyclic) bond motifs is 1. The van der Waals surface area contributed by atoms with Crippen LogP contribution in [0.3, 0.4) is 0 Å². The molecule has 4 atom stereocenters. The van der Waals surface area contributed by atoms with Gasteiger partial charge >= 0.3 is 0 Å². The summed E-state index contributed by atoms with van der Waals surface area (Å²) in [5, 5.41) is 0. The van der Waals surface area contributed by atoms with E-state index in [-0.39, 0.29) is 5.41 Å². The third kappa shape index (κ3) is 3.75. The van der Waals surface area contributed by atoms with E-state index in [1.54, 1.807) is 11.1 Å². The lowest BCUT2D eigenvalue weighted by molar-refractivity contribution is -0.107. The molecule has 0 bridgehead atoms. The molecule has 2 nitrogen and oxygen atoms in total. The van der Waals surface area contributed by atoms with Crippen molar-refractivity contribution in [3.8, 4) is 0 Å². The van der Waals surface area contributed by atoms with Crippen molar-refractivity contribution in [2.24, 2.45) is 22.7 Å². The predicted molar refractivity (Wildman–Crippen MR) is 102 cm³/mol. The average Bonchev–Trinajstić information content (AvgIpc) is 2.51. The van der Waals surface area contributed by atoms with Crippen LogP contribution in [0.25, 0.3) is 0 Å². The van der Waals surface area contributed by atoms with Gasteiger partial charge in [-0.1, -0.05) is 38.8 Å². The monoisotopic (exact) mass is 336 g/mol. The smallest absolute Gasteiger partial charge is 0.0625 e. The Hall–Kier alpha value is -0.340. The summed E-state index contributed by atoms with van der Waals surface area (Å²) in [4.78, 5) is 0. The van der Waals surface area contributed by atoms with Gasteiger partial charge in [0.05, 0.1) is 6.10 Å². The van der Waals surface area contributed by atoms with E-state index in [0.717, 1.165) is 18.4 Å². The normalized spacial score (nSPS) is 34.1. The minimum absolute atomic E-state index is 0.273. The summed E-state index contributed by atoms with van der Waals surface area (Å²) >= 11 is 0. The summed E-state index contributed by atoms with van der Waals surface area (Å²) in [6, 6.07) is 0. The van der Waals surface area contributed by atoms with E-state index in [0.29, 0.717) is 11.5 Å². The molecule has 0 aliphatic heterocycles. The molecule has 0 radical (unpaired) electrons. The molecule has 1 fully saturated rings. The Labute approximate surface area is 150 Å². The first kappa shape index (κ1) is 20.0. The maximum Gasteiger partial charge on any atom is 0.0625 e. The van der Waals surface area contributed by atoms with E-state index < -0.39 is 0 Å². The van der Waals surface area contributed by atoms with Crippen molar-refractivity contribution >= 4 is 0 Å². The van der Waals surface area contributed by atoms with E-state index in [2.05, 4.69) is 34.6 Å². The van der Waals surface area contributed by atoms with E-state index in [1.165, 1.54) is 44.9 Å². The summed E-state index contributed by atoms with van der Waals surface area (Å²) in [7, 11) is 3.71. The molecule has 0 N–H and O–H groups in total. The lowest BCUT2D eigenvalue weighted by Crippen LogP contribution is -2.52. The van der Waals surface area contributed by atoms with E-state index in [1.807, 2.05) is 14.2 Å². The number of allylic oxidation sites excluding steroid dienone is 2. The maximum absolute atomic E-state index is 5.88. The van der Waals surface area contributed by atoms with Gasteiger partial charge in [0.25, 0.3) is 0 Å². The zero-order valence-electron chi connectivity index (χ0n) is 17.2. The first-order valence-corrected chi connectivity index (χ1v) is 9.98. The van der Waals surface area contributed by atoms with Crippen LogP contribution in [0.1, 0.15) is 79.6 Å². The topological polar surface area (TPSA) is 18.5 Å². The molecule has 0 aromatic rings. The van der Waals surface area contributed by atoms with Crippen LogP contribution in [0.15, 0.2) is 11.1 Å². The SMILES string of the molecule is COCC[C@@H](C)CCC1=C(C)CCC2C(C)(C)[C@@H](OC)CC[C@]12C. The number of hydrogen-bond donors (Lipinski definition) is 0. The summed E-state index contributed by atoms with van der Waals surface area (Å²) in [5.74, 6) is 1.49. The second-order valence-corrected chi connectivity index (χ2v) is 9.28. The van der Waals surface area contributed by atoms with Crippen LogP contribution in [0.2, 0.25) is 0 Å². The van der Waals surface area contributed by atoms with E-state index in [4.69, 9.17) is 9.47 Å². The van der Waals surface area contributed by atoms with Gasteiger partial charge in [-0.15, -0.1) is 0 Å². The van der Waals surface area contributed by atoms with E-state index in [9.17, 15) is 0 Å². The minimum atomic E-state index is 0.273. The molecule has 1 saturated carbocycles. The molecule has 140 valence electrons. The average molecular weight is 337 g/mol. The van der Waals surface area contributed by atoms with Crippen LogP contribution in [-0.2, 0) is 9.47 Å². The molecule has 0 spiro atoms. The van der Waals surface area contributed by atoms with E-state index >= 15 is 0 Å². The zero-order chi connectivity index (χ0) is 18.0.